The number of aryl methyl sites for hydroxylation is 2. The van der Waals surface area contributed by atoms with Gasteiger partial charge in [-0.05, 0) is 48.7 Å². The van der Waals surface area contributed by atoms with E-state index in [1.165, 1.54) is 0 Å². The maximum Gasteiger partial charge on any atom is 0.248 e. The number of nitrogens with two attached hydrogens (primary N) is 1. The van der Waals surface area contributed by atoms with Gasteiger partial charge in [0.1, 0.15) is 11.6 Å². The third-order valence-electron chi connectivity index (χ3n) is 3.80. The van der Waals surface area contributed by atoms with Gasteiger partial charge in [-0.2, -0.15) is 5.10 Å². The van der Waals surface area contributed by atoms with Crippen molar-refractivity contribution >= 4 is 5.91 Å². The number of phenolic OH excluding ortho intramolecular Hbond substituents is 1. The molecule has 1 amide bonds. The number of primary amides is 1. The highest BCUT2D eigenvalue weighted by Gasteiger charge is 2.09. The second-order valence-corrected chi connectivity index (χ2v) is 5.53. The van der Waals surface area contributed by atoms with E-state index in [9.17, 15) is 9.90 Å². The largest absolute Gasteiger partial charge is 0.508 e. The number of aromatic hydroxyl groups is 1. The number of H-pyrrole nitrogens is 1. The minimum Gasteiger partial charge on any atom is -0.508 e. The first kappa shape index (κ1) is 15.7. The summed E-state index contributed by atoms with van der Waals surface area (Å²) in [6.07, 6.45) is 2.29. The van der Waals surface area contributed by atoms with Crippen molar-refractivity contribution in [2.24, 2.45) is 5.73 Å². The SMILES string of the molecule is NC(=O)c1ccccc1CCCc1nc(-c2ccc(O)cc2)n[nH]1. The minimum atomic E-state index is -0.403. The first-order chi connectivity index (χ1) is 11.6. The minimum absolute atomic E-state index is 0.211. The highest BCUT2D eigenvalue weighted by atomic mass is 16.3. The molecule has 24 heavy (non-hydrogen) atoms. The van der Waals surface area contributed by atoms with Crippen molar-refractivity contribution in [3.05, 3.63) is 65.5 Å². The number of nitrogens with one attached hydrogen (secondary N) is 1. The van der Waals surface area contributed by atoms with E-state index in [1.807, 2.05) is 18.2 Å². The first-order valence-electron chi connectivity index (χ1n) is 7.72. The number of phenols is 1. The van der Waals surface area contributed by atoms with E-state index < -0.39 is 5.91 Å². The number of nitrogens with zero attached hydrogens (tertiary/aromatic N) is 2. The highest BCUT2D eigenvalue weighted by Crippen LogP contribution is 2.18. The molecule has 1 heterocycles. The topological polar surface area (TPSA) is 105 Å². The van der Waals surface area contributed by atoms with Gasteiger partial charge in [0.05, 0.1) is 0 Å². The van der Waals surface area contributed by atoms with Crippen LogP contribution in [0, 0.1) is 0 Å². The van der Waals surface area contributed by atoms with E-state index >= 15 is 0 Å². The predicted octanol–water partition coefficient (Wildman–Crippen LogP) is 2.45. The molecule has 0 unspecified atom stereocenters. The van der Waals surface area contributed by atoms with Crippen molar-refractivity contribution in [2.45, 2.75) is 19.3 Å². The average Bonchev–Trinajstić information content (AvgIpc) is 3.05. The molecule has 0 aliphatic heterocycles. The summed E-state index contributed by atoms with van der Waals surface area (Å²) in [5.41, 5.74) is 7.75. The molecule has 3 rings (SSSR count). The summed E-state index contributed by atoms with van der Waals surface area (Å²) in [6.45, 7) is 0. The molecule has 6 nitrogen and oxygen atoms in total. The Morgan fingerprint density at radius 3 is 2.58 bits per heavy atom. The molecule has 6 heteroatoms. The zero-order valence-corrected chi connectivity index (χ0v) is 13.1. The highest BCUT2D eigenvalue weighted by molar-refractivity contribution is 5.94. The number of aromatic amines is 1. The zero-order chi connectivity index (χ0) is 16.9. The Hall–Kier alpha value is -3.15. The number of hydrogen-bond acceptors (Lipinski definition) is 4. The fourth-order valence-corrected chi connectivity index (χ4v) is 2.57. The molecule has 3 aromatic rings. The van der Waals surface area contributed by atoms with Crippen LogP contribution in [-0.2, 0) is 12.8 Å². The molecule has 4 N–H and O–H groups in total. The van der Waals surface area contributed by atoms with Gasteiger partial charge in [-0.3, -0.25) is 9.89 Å². The lowest BCUT2D eigenvalue weighted by Gasteiger charge is -2.05. The number of aromatic nitrogens is 3. The smallest absolute Gasteiger partial charge is 0.248 e. The molecular weight excluding hydrogens is 304 g/mol. The third-order valence-corrected chi connectivity index (χ3v) is 3.80. The van der Waals surface area contributed by atoms with Crippen molar-refractivity contribution in [3.63, 3.8) is 0 Å². The summed E-state index contributed by atoms with van der Waals surface area (Å²) in [5.74, 6) is 1.19. The van der Waals surface area contributed by atoms with Crippen LogP contribution in [0.4, 0.5) is 0 Å². The van der Waals surface area contributed by atoms with Crippen LogP contribution in [0.2, 0.25) is 0 Å². The second kappa shape index (κ2) is 6.95. The number of rotatable bonds is 6. The molecule has 1 aromatic heterocycles. The zero-order valence-electron chi connectivity index (χ0n) is 13.1. The molecule has 0 aliphatic rings. The maximum absolute atomic E-state index is 11.4. The van der Waals surface area contributed by atoms with Gasteiger partial charge in [0.15, 0.2) is 5.82 Å². The molecule has 0 bridgehead atoms. The summed E-state index contributed by atoms with van der Waals surface area (Å²) in [6, 6.07) is 14.1. The van der Waals surface area contributed by atoms with Crippen LogP contribution in [0.25, 0.3) is 11.4 Å². The fraction of sp³-hybridized carbons (Fsp3) is 0.167. The molecule has 0 radical (unpaired) electrons. The molecule has 0 spiro atoms. The lowest BCUT2D eigenvalue weighted by Crippen LogP contribution is -2.13. The predicted molar refractivity (Wildman–Crippen MR) is 90.5 cm³/mol. The second-order valence-electron chi connectivity index (χ2n) is 5.53. The van der Waals surface area contributed by atoms with Crippen LogP contribution < -0.4 is 5.73 Å². The lowest BCUT2D eigenvalue weighted by molar-refractivity contribution is 0.0999. The fourth-order valence-electron chi connectivity index (χ4n) is 2.57. The van der Waals surface area contributed by atoms with Gasteiger partial charge in [0.25, 0.3) is 0 Å². The van der Waals surface area contributed by atoms with Crippen LogP contribution in [0.1, 0.15) is 28.2 Å². The lowest BCUT2D eigenvalue weighted by atomic mass is 10.0. The van der Waals surface area contributed by atoms with Crippen LogP contribution >= 0.6 is 0 Å². The van der Waals surface area contributed by atoms with Crippen molar-refractivity contribution in [1.29, 1.82) is 0 Å². The van der Waals surface area contributed by atoms with Crippen molar-refractivity contribution in [2.75, 3.05) is 0 Å². The summed E-state index contributed by atoms with van der Waals surface area (Å²) < 4.78 is 0. The standard InChI is InChI=1S/C18H18N4O2/c19-17(24)15-6-2-1-4-12(15)5-3-7-16-20-18(22-21-16)13-8-10-14(23)11-9-13/h1-2,4,6,8-11,23H,3,5,7H2,(H2,19,24)(H,20,21,22). The maximum atomic E-state index is 11.4. The Morgan fingerprint density at radius 1 is 1.08 bits per heavy atom. The first-order valence-corrected chi connectivity index (χ1v) is 7.72. The van der Waals surface area contributed by atoms with Crippen molar-refractivity contribution < 1.29 is 9.90 Å². The third kappa shape index (κ3) is 3.60. The Labute approximate surface area is 139 Å². The van der Waals surface area contributed by atoms with Crippen LogP contribution in [0.3, 0.4) is 0 Å². The number of carbonyl (C=O) groups is 1. The summed E-state index contributed by atoms with van der Waals surface area (Å²) >= 11 is 0. The molecule has 0 fully saturated rings. The van der Waals surface area contributed by atoms with E-state index in [-0.39, 0.29) is 5.75 Å². The van der Waals surface area contributed by atoms with Crippen molar-refractivity contribution in [1.82, 2.24) is 15.2 Å². The molecule has 0 saturated heterocycles. The average molecular weight is 322 g/mol. The van der Waals surface area contributed by atoms with Crippen LogP contribution in [0.5, 0.6) is 5.75 Å². The monoisotopic (exact) mass is 322 g/mol. The molecule has 0 atom stereocenters. The van der Waals surface area contributed by atoms with E-state index in [2.05, 4.69) is 15.2 Å². The van der Waals surface area contributed by atoms with Gasteiger partial charge in [0, 0.05) is 17.5 Å². The van der Waals surface area contributed by atoms with E-state index in [0.717, 1.165) is 36.2 Å². The van der Waals surface area contributed by atoms with Crippen molar-refractivity contribution in [3.8, 4) is 17.1 Å². The van der Waals surface area contributed by atoms with E-state index in [1.54, 1.807) is 30.3 Å². The molecular formula is C18H18N4O2. The molecule has 0 saturated carbocycles. The normalized spacial score (nSPS) is 10.7. The summed E-state index contributed by atoms with van der Waals surface area (Å²) in [7, 11) is 0. The van der Waals surface area contributed by atoms with Gasteiger partial charge in [-0.25, -0.2) is 4.98 Å². The van der Waals surface area contributed by atoms with E-state index in [0.29, 0.717) is 11.4 Å². The molecule has 0 aliphatic carbocycles. The van der Waals surface area contributed by atoms with Gasteiger partial charge in [-0.1, -0.05) is 18.2 Å². The Bertz CT molecular complexity index is 840. The molecule has 2 aromatic carbocycles. The Morgan fingerprint density at radius 2 is 1.83 bits per heavy atom. The number of hydrogen-bond donors (Lipinski definition) is 3. The van der Waals surface area contributed by atoms with Gasteiger partial charge < -0.3 is 10.8 Å². The van der Waals surface area contributed by atoms with E-state index in [4.69, 9.17) is 5.73 Å². The number of amides is 1. The Kier molecular flexibility index (Phi) is 4.56. The van der Waals surface area contributed by atoms with Crippen LogP contribution in [-0.4, -0.2) is 26.2 Å². The number of carbonyl (C=O) groups excluding carboxylic acids is 1. The summed E-state index contributed by atoms with van der Waals surface area (Å²) in [5, 5.41) is 16.4. The molecule has 122 valence electrons. The quantitative estimate of drug-likeness (QED) is 0.648. The van der Waals surface area contributed by atoms with Crippen LogP contribution in [0.15, 0.2) is 48.5 Å². The van der Waals surface area contributed by atoms with Gasteiger partial charge in [-0.15, -0.1) is 0 Å². The van der Waals surface area contributed by atoms with Gasteiger partial charge in [0.2, 0.25) is 5.91 Å². The van der Waals surface area contributed by atoms with Gasteiger partial charge >= 0.3 is 0 Å². The summed E-state index contributed by atoms with van der Waals surface area (Å²) in [4.78, 5) is 15.9. The Balaban J connectivity index is 1.62. The number of benzene rings is 2.